The van der Waals surface area contributed by atoms with Crippen LogP contribution < -0.4 is 4.74 Å². The Morgan fingerprint density at radius 2 is 2.24 bits per heavy atom. The molecule has 0 fully saturated rings. The van der Waals surface area contributed by atoms with Gasteiger partial charge in [-0.05, 0) is 31.2 Å². The van der Waals surface area contributed by atoms with Gasteiger partial charge in [0.15, 0.2) is 0 Å². The highest BCUT2D eigenvalue weighted by atomic mass is 16.5. The van der Waals surface area contributed by atoms with Crippen LogP contribution in [0, 0.1) is 18.3 Å². The number of benzene rings is 1. The quantitative estimate of drug-likeness (QED) is 0.807. The van der Waals surface area contributed by atoms with Gasteiger partial charge in [0, 0.05) is 7.05 Å². The molecule has 17 heavy (non-hydrogen) atoms. The Labute approximate surface area is 100 Å². The molecule has 0 aliphatic heterocycles. The Kier molecular flexibility index (Phi) is 3.10. The van der Waals surface area contributed by atoms with Crippen LogP contribution in [0.2, 0.25) is 0 Å². The summed E-state index contributed by atoms with van der Waals surface area (Å²) in [6, 6.07) is 11.2. The molecule has 0 aliphatic carbocycles. The molecule has 1 aromatic heterocycles. The van der Waals surface area contributed by atoms with Gasteiger partial charge in [0.25, 0.3) is 0 Å². The van der Waals surface area contributed by atoms with E-state index in [-0.39, 0.29) is 0 Å². The van der Waals surface area contributed by atoms with Crippen LogP contribution in [0.4, 0.5) is 0 Å². The third-order valence-corrected chi connectivity index (χ3v) is 2.45. The second-order valence-corrected chi connectivity index (χ2v) is 3.83. The van der Waals surface area contributed by atoms with Gasteiger partial charge in [0.1, 0.15) is 12.4 Å². The smallest absolute Gasteiger partial charge is 0.130 e. The van der Waals surface area contributed by atoms with Gasteiger partial charge in [-0.2, -0.15) is 10.4 Å². The van der Waals surface area contributed by atoms with E-state index in [1.807, 2.05) is 32.2 Å². The Morgan fingerprint density at radius 3 is 2.88 bits per heavy atom. The molecule has 0 saturated heterocycles. The molecule has 2 aromatic rings. The van der Waals surface area contributed by atoms with Gasteiger partial charge in [-0.15, -0.1) is 0 Å². The Morgan fingerprint density at radius 1 is 1.41 bits per heavy atom. The number of hydrogen-bond acceptors (Lipinski definition) is 3. The molecule has 4 heteroatoms. The molecule has 86 valence electrons. The fourth-order valence-corrected chi connectivity index (χ4v) is 1.61. The van der Waals surface area contributed by atoms with Gasteiger partial charge >= 0.3 is 0 Å². The summed E-state index contributed by atoms with van der Waals surface area (Å²) in [7, 11) is 1.89. The highest BCUT2D eigenvalue weighted by Crippen LogP contribution is 2.14. The first-order valence-corrected chi connectivity index (χ1v) is 5.31. The summed E-state index contributed by atoms with van der Waals surface area (Å²) >= 11 is 0. The van der Waals surface area contributed by atoms with Gasteiger partial charge in [-0.1, -0.05) is 6.07 Å². The molecule has 0 radical (unpaired) electrons. The third-order valence-electron chi connectivity index (χ3n) is 2.45. The lowest BCUT2D eigenvalue weighted by Gasteiger charge is -2.06. The van der Waals surface area contributed by atoms with Gasteiger partial charge in [0.2, 0.25) is 0 Å². The predicted molar refractivity (Wildman–Crippen MR) is 63.4 cm³/mol. The zero-order valence-electron chi connectivity index (χ0n) is 9.84. The van der Waals surface area contributed by atoms with E-state index < -0.39 is 0 Å². The van der Waals surface area contributed by atoms with Crippen molar-refractivity contribution in [3.05, 3.63) is 47.3 Å². The highest BCUT2D eigenvalue weighted by Gasteiger charge is 2.03. The fraction of sp³-hybridized carbons (Fsp3) is 0.231. The van der Waals surface area contributed by atoms with E-state index in [0.29, 0.717) is 17.9 Å². The third kappa shape index (κ3) is 2.64. The maximum Gasteiger partial charge on any atom is 0.130 e. The Balaban J connectivity index is 2.07. The maximum atomic E-state index is 8.78. The molecule has 0 bridgehead atoms. The lowest BCUT2D eigenvalue weighted by Crippen LogP contribution is -2.03. The number of rotatable bonds is 3. The predicted octanol–water partition coefficient (Wildman–Crippen LogP) is 2.18. The monoisotopic (exact) mass is 227 g/mol. The molecule has 4 nitrogen and oxygen atoms in total. The average molecular weight is 227 g/mol. The van der Waals surface area contributed by atoms with Crippen molar-refractivity contribution in [3.63, 3.8) is 0 Å². The number of ether oxygens (including phenoxy) is 1. The number of nitriles is 1. The number of hydrogen-bond donors (Lipinski definition) is 0. The van der Waals surface area contributed by atoms with E-state index in [2.05, 4.69) is 11.2 Å². The summed E-state index contributed by atoms with van der Waals surface area (Å²) in [4.78, 5) is 0. The topological polar surface area (TPSA) is 50.8 Å². The van der Waals surface area contributed by atoms with E-state index in [0.717, 1.165) is 11.4 Å². The Bertz CT molecular complexity index is 566. The van der Waals surface area contributed by atoms with Gasteiger partial charge in [-0.25, -0.2) is 0 Å². The second kappa shape index (κ2) is 4.71. The minimum Gasteiger partial charge on any atom is -0.487 e. The molecule has 0 atom stereocenters. The second-order valence-electron chi connectivity index (χ2n) is 3.83. The van der Waals surface area contributed by atoms with Crippen LogP contribution in [0.15, 0.2) is 30.3 Å². The summed E-state index contributed by atoms with van der Waals surface area (Å²) in [5, 5.41) is 13.0. The van der Waals surface area contributed by atoms with Crippen molar-refractivity contribution in [1.82, 2.24) is 9.78 Å². The normalized spacial score (nSPS) is 9.94. The molecule has 0 unspecified atom stereocenters. The average Bonchev–Trinajstić information content (AvgIpc) is 2.65. The summed E-state index contributed by atoms with van der Waals surface area (Å²) in [5.74, 6) is 0.697. The van der Waals surface area contributed by atoms with E-state index >= 15 is 0 Å². The first kappa shape index (κ1) is 11.2. The van der Waals surface area contributed by atoms with Crippen LogP contribution in [0.3, 0.4) is 0 Å². The molecule has 2 rings (SSSR count). The summed E-state index contributed by atoms with van der Waals surface area (Å²) in [5.41, 5.74) is 2.57. The van der Waals surface area contributed by atoms with Crippen LogP contribution in [-0.2, 0) is 13.7 Å². The number of aromatic nitrogens is 2. The van der Waals surface area contributed by atoms with Gasteiger partial charge in [-0.3, -0.25) is 4.68 Å². The SMILES string of the molecule is Cc1cc(COc2cccc(C#N)c2)n(C)n1. The van der Waals surface area contributed by atoms with E-state index in [1.165, 1.54) is 0 Å². The highest BCUT2D eigenvalue weighted by molar-refractivity contribution is 5.36. The molecule has 0 spiro atoms. The van der Waals surface area contributed by atoms with Crippen molar-refractivity contribution in [2.45, 2.75) is 13.5 Å². The first-order valence-electron chi connectivity index (χ1n) is 5.31. The standard InChI is InChI=1S/C13H13N3O/c1-10-6-12(16(2)15-10)9-17-13-5-3-4-11(7-13)8-14/h3-7H,9H2,1-2H3. The zero-order valence-corrected chi connectivity index (χ0v) is 9.84. The van der Waals surface area contributed by atoms with Crippen molar-refractivity contribution in [2.24, 2.45) is 7.05 Å². The molecular formula is C13H13N3O. The van der Waals surface area contributed by atoms with Crippen molar-refractivity contribution in [2.75, 3.05) is 0 Å². The van der Waals surface area contributed by atoms with Crippen LogP contribution in [0.5, 0.6) is 5.75 Å². The lowest BCUT2D eigenvalue weighted by atomic mass is 10.2. The van der Waals surface area contributed by atoms with Gasteiger partial charge in [0.05, 0.1) is 23.0 Å². The van der Waals surface area contributed by atoms with Crippen LogP contribution >= 0.6 is 0 Å². The fourth-order valence-electron chi connectivity index (χ4n) is 1.61. The van der Waals surface area contributed by atoms with Crippen molar-refractivity contribution in [3.8, 4) is 11.8 Å². The van der Waals surface area contributed by atoms with Crippen molar-refractivity contribution < 1.29 is 4.74 Å². The summed E-state index contributed by atoms with van der Waals surface area (Å²) in [6.45, 7) is 2.39. The van der Waals surface area contributed by atoms with Crippen molar-refractivity contribution >= 4 is 0 Å². The summed E-state index contributed by atoms with van der Waals surface area (Å²) in [6.07, 6.45) is 0. The largest absolute Gasteiger partial charge is 0.487 e. The molecule has 0 N–H and O–H groups in total. The van der Waals surface area contributed by atoms with Crippen LogP contribution in [0.25, 0.3) is 0 Å². The van der Waals surface area contributed by atoms with E-state index in [4.69, 9.17) is 10.00 Å². The van der Waals surface area contributed by atoms with Crippen LogP contribution in [-0.4, -0.2) is 9.78 Å². The molecule has 0 aliphatic rings. The Hall–Kier alpha value is -2.28. The molecule has 1 heterocycles. The zero-order chi connectivity index (χ0) is 12.3. The van der Waals surface area contributed by atoms with E-state index in [9.17, 15) is 0 Å². The number of aryl methyl sites for hydroxylation is 2. The minimum absolute atomic E-state index is 0.451. The number of nitrogens with zero attached hydrogens (tertiary/aromatic N) is 3. The minimum atomic E-state index is 0.451. The maximum absolute atomic E-state index is 8.78. The molecule has 0 saturated carbocycles. The van der Waals surface area contributed by atoms with E-state index in [1.54, 1.807) is 16.8 Å². The van der Waals surface area contributed by atoms with Crippen molar-refractivity contribution in [1.29, 1.82) is 5.26 Å². The van der Waals surface area contributed by atoms with Gasteiger partial charge < -0.3 is 4.74 Å². The molecule has 1 aromatic carbocycles. The molecule has 0 amide bonds. The van der Waals surface area contributed by atoms with Crippen LogP contribution in [0.1, 0.15) is 17.0 Å². The molecular weight excluding hydrogens is 214 g/mol. The first-order chi connectivity index (χ1) is 8.19. The summed E-state index contributed by atoms with van der Waals surface area (Å²) < 4.78 is 7.41. The lowest BCUT2D eigenvalue weighted by molar-refractivity contribution is 0.295.